The lowest BCUT2D eigenvalue weighted by Crippen LogP contribution is -2.40. The van der Waals surface area contributed by atoms with Crippen molar-refractivity contribution in [2.24, 2.45) is 0 Å². The number of amides is 1. The second-order valence-electron chi connectivity index (χ2n) is 7.33. The van der Waals surface area contributed by atoms with Crippen molar-refractivity contribution in [1.82, 2.24) is 4.90 Å². The molecule has 25 heavy (non-hydrogen) atoms. The van der Waals surface area contributed by atoms with Crippen LogP contribution in [0, 0.1) is 0 Å². The van der Waals surface area contributed by atoms with Gasteiger partial charge in [0.1, 0.15) is 24.0 Å². The van der Waals surface area contributed by atoms with E-state index in [1.807, 2.05) is 69.3 Å². The lowest BCUT2D eigenvalue weighted by molar-refractivity contribution is 0.0273. The van der Waals surface area contributed by atoms with E-state index in [1.165, 1.54) is 0 Å². The first kappa shape index (κ1) is 15.8. The predicted octanol–water partition coefficient (Wildman–Crippen LogP) is 4.87. The average Bonchev–Trinajstić information content (AvgIpc) is 2.99. The van der Waals surface area contributed by atoms with Crippen molar-refractivity contribution >= 4 is 17.9 Å². The van der Waals surface area contributed by atoms with Crippen molar-refractivity contribution < 1.29 is 14.3 Å². The largest absolute Gasteiger partial charge is 0.491 e. The molecule has 0 N–H and O–H groups in total. The molecule has 0 spiro atoms. The third kappa shape index (κ3) is 2.78. The van der Waals surface area contributed by atoms with Gasteiger partial charge in [0.2, 0.25) is 0 Å². The highest BCUT2D eigenvalue weighted by atomic mass is 16.6. The Morgan fingerprint density at radius 3 is 2.60 bits per heavy atom. The first-order valence-electron chi connectivity index (χ1n) is 8.49. The molecule has 128 valence electrons. The Morgan fingerprint density at radius 1 is 1.12 bits per heavy atom. The van der Waals surface area contributed by atoms with Crippen LogP contribution in [-0.4, -0.2) is 23.2 Å². The van der Waals surface area contributed by atoms with Crippen molar-refractivity contribution in [1.29, 1.82) is 0 Å². The summed E-state index contributed by atoms with van der Waals surface area (Å²) in [5, 5.41) is 0. The number of carbonyl (C=O) groups excluding carboxylic acids is 1. The second-order valence-corrected chi connectivity index (χ2v) is 7.33. The van der Waals surface area contributed by atoms with Gasteiger partial charge in [-0.2, -0.15) is 0 Å². The van der Waals surface area contributed by atoms with Crippen molar-refractivity contribution in [3.63, 3.8) is 0 Å². The van der Waals surface area contributed by atoms with E-state index in [0.29, 0.717) is 6.61 Å². The smallest absolute Gasteiger partial charge is 0.415 e. The molecule has 0 unspecified atom stereocenters. The van der Waals surface area contributed by atoms with Gasteiger partial charge in [-0.05, 0) is 44.0 Å². The lowest BCUT2D eigenvalue weighted by Gasteiger charge is -2.35. The molecule has 2 aliphatic heterocycles. The maximum Gasteiger partial charge on any atom is 0.415 e. The Hall–Kier alpha value is -2.75. The van der Waals surface area contributed by atoms with E-state index in [0.717, 1.165) is 28.1 Å². The van der Waals surface area contributed by atoms with E-state index >= 15 is 0 Å². The van der Waals surface area contributed by atoms with Gasteiger partial charge in [-0.15, -0.1) is 0 Å². The van der Waals surface area contributed by atoms with Crippen LogP contribution in [0.25, 0.3) is 11.8 Å². The molecule has 0 aromatic heterocycles. The molecule has 1 atom stereocenters. The Balaban J connectivity index is 1.85. The summed E-state index contributed by atoms with van der Waals surface area (Å²) in [5.41, 5.74) is 3.43. The van der Waals surface area contributed by atoms with Gasteiger partial charge >= 0.3 is 6.09 Å². The van der Waals surface area contributed by atoms with E-state index in [-0.39, 0.29) is 12.1 Å². The third-order valence-electron chi connectivity index (χ3n) is 4.35. The van der Waals surface area contributed by atoms with Crippen molar-refractivity contribution in [3.05, 3.63) is 65.2 Å². The summed E-state index contributed by atoms with van der Waals surface area (Å²) in [4.78, 5) is 14.7. The van der Waals surface area contributed by atoms with E-state index in [2.05, 4.69) is 6.07 Å². The van der Waals surface area contributed by atoms with Crippen molar-refractivity contribution in [3.8, 4) is 5.75 Å². The number of benzene rings is 2. The van der Waals surface area contributed by atoms with Gasteiger partial charge in [-0.3, -0.25) is 4.90 Å². The quantitative estimate of drug-likeness (QED) is 0.746. The summed E-state index contributed by atoms with van der Waals surface area (Å²) in [6.45, 7) is 6.08. The van der Waals surface area contributed by atoms with Crippen LogP contribution in [-0.2, 0) is 4.74 Å². The number of ether oxygens (including phenoxy) is 2. The molecule has 2 aliphatic rings. The van der Waals surface area contributed by atoms with E-state index in [9.17, 15) is 4.79 Å². The van der Waals surface area contributed by atoms with E-state index < -0.39 is 5.60 Å². The predicted molar refractivity (Wildman–Crippen MR) is 97.1 cm³/mol. The number of hydrogen-bond acceptors (Lipinski definition) is 3. The Labute approximate surface area is 147 Å². The summed E-state index contributed by atoms with van der Waals surface area (Å²) in [7, 11) is 0. The molecule has 2 aromatic carbocycles. The van der Waals surface area contributed by atoms with Crippen LogP contribution in [0.4, 0.5) is 4.79 Å². The van der Waals surface area contributed by atoms with Gasteiger partial charge in [-0.1, -0.05) is 42.5 Å². The number of rotatable bonds is 1. The van der Waals surface area contributed by atoms with E-state index in [1.54, 1.807) is 4.90 Å². The van der Waals surface area contributed by atoms with Gasteiger partial charge in [-0.25, -0.2) is 4.79 Å². The van der Waals surface area contributed by atoms with Crippen LogP contribution in [0.1, 0.15) is 43.5 Å². The minimum absolute atomic E-state index is 0.166. The maximum atomic E-state index is 13.0. The fourth-order valence-electron chi connectivity index (χ4n) is 3.38. The fourth-order valence-corrected chi connectivity index (χ4v) is 3.38. The molecule has 0 saturated heterocycles. The number of carbonyl (C=O) groups is 1. The summed E-state index contributed by atoms with van der Waals surface area (Å²) in [5.74, 6) is 0.847. The van der Waals surface area contributed by atoms with Crippen LogP contribution < -0.4 is 4.74 Å². The van der Waals surface area contributed by atoms with Crippen molar-refractivity contribution in [2.75, 3.05) is 6.61 Å². The molecule has 0 bridgehead atoms. The van der Waals surface area contributed by atoms with Crippen molar-refractivity contribution in [2.45, 2.75) is 32.4 Å². The zero-order valence-corrected chi connectivity index (χ0v) is 14.7. The molecule has 0 aliphatic carbocycles. The zero-order chi connectivity index (χ0) is 17.6. The van der Waals surface area contributed by atoms with Crippen LogP contribution >= 0.6 is 0 Å². The van der Waals surface area contributed by atoms with Gasteiger partial charge in [0.05, 0.1) is 5.70 Å². The van der Waals surface area contributed by atoms with Crippen LogP contribution in [0.2, 0.25) is 0 Å². The minimum Gasteiger partial charge on any atom is -0.491 e. The molecule has 0 radical (unpaired) electrons. The van der Waals surface area contributed by atoms with Gasteiger partial charge in [0.15, 0.2) is 0 Å². The molecule has 0 saturated carbocycles. The van der Waals surface area contributed by atoms with Crippen LogP contribution in [0.15, 0.2) is 48.5 Å². The lowest BCUT2D eigenvalue weighted by atomic mass is 9.93. The average molecular weight is 335 g/mol. The Kier molecular flexibility index (Phi) is 3.57. The molecule has 0 fully saturated rings. The highest BCUT2D eigenvalue weighted by molar-refractivity contribution is 5.93. The van der Waals surface area contributed by atoms with E-state index in [4.69, 9.17) is 9.47 Å². The molecule has 4 rings (SSSR count). The number of nitrogens with zero attached hydrogens (tertiary/aromatic N) is 1. The Bertz CT molecular complexity index is 849. The molecular formula is C21H21NO3. The van der Waals surface area contributed by atoms with Gasteiger partial charge in [0, 0.05) is 5.56 Å². The minimum atomic E-state index is -0.557. The first-order chi connectivity index (χ1) is 11.9. The summed E-state index contributed by atoms with van der Waals surface area (Å²) in [6.07, 6.45) is 1.70. The van der Waals surface area contributed by atoms with Crippen LogP contribution in [0.3, 0.4) is 0 Å². The standard InChI is InChI=1S/C21H21NO3/c1-21(2,3)25-20(23)22-16(14-8-5-4-6-9-14)12-15-10-7-11-18-19(15)17(22)13-24-18/h4-12,17H,13H2,1-3H3/t17-/m0/s1. The molecule has 2 aromatic rings. The maximum absolute atomic E-state index is 13.0. The summed E-state index contributed by atoms with van der Waals surface area (Å²) < 4.78 is 11.5. The summed E-state index contributed by atoms with van der Waals surface area (Å²) in [6, 6.07) is 15.8. The third-order valence-corrected chi connectivity index (χ3v) is 4.35. The van der Waals surface area contributed by atoms with Gasteiger partial charge in [0.25, 0.3) is 0 Å². The fraction of sp³-hybridized carbons (Fsp3) is 0.286. The molecule has 4 heteroatoms. The number of hydrogen-bond donors (Lipinski definition) is 0. The highest BCUT2D eigenvalue weighted by Gasteiger charge is 2.41. The van der Waals surface area contributed by atoms with Crippen LogP contribution in [0.5, 0.6) is 5.75 Å². The highest BCUT2D eigenvalue weighted by Crippen LogP contribution is 2.46. The molecular weight excluding hydrogens is 314 g/mol. The van der Waals surface area contributed by atoms with Gasteiger partial charge < -0.3 is 9.47 Å². The molecule has 1 amide bonds. The summed E-state index contributed by atoms with van der Waals surface area (Å²) >= 11 is 0. The normalized spacial score (nSPS) is 18.3. The Morgan fingerprint density at radius 2 is 1.88 bits per heavy atom. The SMILES string of the molecule is CC(C)(C)OC(=O)N1C(c2ccccc2)=Cc2cccc3c2[C@@H]1CO3. The zero-order valence-electron chi connectivity index (χ0n) is 14.7. The molecule has 2 heterocycles. The second kappa shape index (κ2) is 5.66. The molecule has 4 nitrogen and oxygen atoms in total. The topological polar surface area (TPSA) is 38.8 Å². The monoisotopic (exact) mass is 335 g/mol. The first-order valence-corrected chi connectivity index (χ1v) is 8.49.